The molecule has 0 aromatic heterocycles. The highest BCUT2D eigenvalue weighted by atomic mass is 35.5. The number of amides is 1. The summed E-state index contributed by atoms with van der Waals surface area (Å²) in [7, 11) is 0. The van der Waals surface area contributed by atoms with Crippen LogP contribution >= 0.6 is 23.2 Å². The van der Waals surface area contributed by atoms with E-state index in [0.29, 0.717) is 15.6 Å². The largest absolute Gasteiger partial charge is 0.271 e. The van der Waals surface area contributed by atoms with E-state index in [1.54, 1.807) is 36.4 Å². The maximum absolute atomic E-state index is 11.7. The number of nitrogens with zero attached hydrogens (tertiary/aromatic N) is 1. The van der Waals surface area contributed by atoms with Crippen molar-refractivity contribution in [1.82, 2.24) is 5.43 Å². The fraction of sp³-hybridized carbons (Fsp3) is 0. The Kier molecular flexibility index (Phi) is 4.55. The van der Waals surface area contributed by atoms with Crippen LogP contribution in [-0.4, -0.2) is 12.1 Å². The highest BCUT2D eigenvalue weighted by molar-refractivity contribution is 6.33. The van der Waals surface area contributed by atoms with Crippen molar-refractivity contribution in [3.05, 3.63) is 69.7 Å². The molecule has 0 heterocycles. The van der Waals surface area contributed by atoms with Gasteiger partial charge in [-0.3, -0.25) is 4.79 Å². The van der Waals surface area contributed by atoms with E-state index in [2.05, 4.69) is 10.5 Å². The third kappa shape index (κ3) is 3.81. The second kappa shape index (κ2) is 6.36. The lowest BCUT2D eigenvalue weighted by Crippen LogP contribution is -2.17. The average molecular weight is 293 g/mol. The van der Waals surface area contributed by atoms with Crippen LogP contribution in [0.1, 0.15) is 15.9 Å². The molecule has 1 N–H and O–H groups in total. The molecule has 0 aliphatic rings. The van der Waals surface area contributed by atoms with Gasteiger partial charge >= 0.3 is 0 Å². The molecule has 0 bridgehead atoms. The first-order valence-corrected chi connectivity index (χ1v) is 6.26. The van der Waals surface area contributed by atoms with Crippen LogP contribution in [0, 0.1) is 0 Å². The van der Waals surface area contributed by atoms with Gasteiger partial charge in [0, 0.05) is 21.2 Å². The minimum absolute atomic E-state index is 0.306. The van der Waals surface area contributed by atoms with Gasteiger partial charge in [0.05, 0.1) is 6.21 Å². The summed E-state index contributed by atoms with van der Waals surface area (Å²) in [6, 6.07) is 13.8. The van der Waals surface area contributed by atoms with Gasteiger partial charge in [0.1, 0.15) is 0 Å². The number of halogens is 2. The van der Waals surface area contributed by atoms with Crippen LogP contribution in [0.4, 0.5) is 0 Å². The first-order valence-electron chi connectivity index (χ1n) is 5.50. The van der Waals surface area contributed by atoms with Gasteiger partial charge in [-0.25, -0.2) is 5.43 Å². The monoisotopic (exact) mass is 292 g/mol. The summed E-state index contributed by atoms with van der Waals surface area (Å²) in [5.41, 5.74) is 3.65. The lowest BCUT2D eigenvalue weighted by atomic mass is 10.2. The van der Waals surface area contributed by atoms with Crippen LogP contribution in [-0.2, 0) is 0 Å². The van der Waals surface area contributed by atoms with Crippen molar-refractivity contribution in [3.63, 3.8) is 0 Å². The van der Waals surface area contributed by atoms with Gasteiger partial charge < -0.3 is 0 Å². The molecule has 0 saturated heterocycles. The van der Waals surface area contributed by atoms with Gasteiger partial charge in [0.25, 0.3) is 5.91 Å². The molecule has 0 unspecified atom stereocenters. The third-order valence-electron chi connectivity index (χ3n) is 2.38. The summed E-state index contributed by atoms with van der Waals surface area (Å²) in [5.74, 6) is -0.306. The van der Waals surface area contributed by atoms with E-state index in [9.17, 15) is 4.79 Å². The zero-order valence-electron chi connectivity index (χ0n) is 9.81. The normalized spacial score (nSPS) is 10.6. The molecule has 5 heteroatoms. The lowest BCUT2D eigenvalue weighted by molar-refractivity contribution is 0.0955. The fourth-order valence-corrected chi connectivity index (χ4v) is 1.72. The predicted molar refractivity (Wildman–Crippen MR) is 78.0 cm³/mol. The van der Waals surface area contributed by atoms with Crippen molar-refractivity contribution in [1.29, 1.82) is 0 Å². The van der Waals surface area contributed by atoms with Gasteiger partial charge in [0.2, 0.25) is 0 Å². The SMILES string of the molecule is O=C(N/N=C/c1ccccc1Cl)c1ccc(Cl)cc1. The van der Waals surface area contributed by atoms with E-state index in [-0.39, 0.29) is 5.91 Å². The van der Waals surface area contributed by atoms with Crippen molar-refractivity contribution in [3.8, 4) is 0 Å². The van der Waals surface area contributed by atoms with Crippen molar-refractivity contribution < 1.29 is 4.79 Å². The maximum Gasteiger partial charge on any atom is 0.271 e. The molecule has 3 nitrogen and oxygen atoms in total. The fourth-order valence-electron chi connectivity index (χ4n) is 1.41. The summed E-state index contributed by atoms with van der Waals surface area (Å²) in [6.07, 6.45) is 1.50. The highest BCUT2D eigenvalue weighted by Gasteiger charge is 2.03. The molecule has 0 aliphatic heterocycles. The topological polar surface area (TPSA) is 41.5 Å². The highest BCUT2D eigenvalue weighted by Crippen LogP contribution is 2.12. The number of nitrogens with one attached hydrogen (secondary N) is 1. The number of rotatable bonds is 3. The van der Waals surface area contributed by atoms with Crippen LogP contribution < -0.4 is 5.43 Å². The quantitative estimate of drug-likeness (QED) is 0.679. The van der Waals surface area contributed by atoms with Gasteiger partial charge in [0.15, 0.2) is 0 Å². The zero-order chi connectivity index (χ0) is 13.7. The number of benzene rings is 2. The van der Waals surface area contributed by atoms with Gasteiger partial charge in [-0.2, -0.15) is 5.10 Å². The molecule has 0 fully saturated rings. The standard InChI is InChI=1S/C14H10Cl2N2O/c15-12-7-5-10(6-8-12)14(19)18-17-9-11-3-1-2-4-13(11)16/h1-9H,(H,18,19)/b17-9+. The number of carbonyl (C=O) groups excluding carboxylic acids is 1. The molecule has 0 saturated carbocycles. The summed E-state index contributed by atoms with van der Waals surface area (Å²) < 4.78 is 0. The van der Waals surface area contributed by atoms with E-state index in [1.165, 1.54) is 6.21 Å². The Bertz CT molecular complexity index is 609. The zero-order valence-corrected chi connectivity index (χ0v) is 11.3. The molecular weight excluding hydrogens is 283 g/mol. The number of hydrazone groups is 1. The number of hydrogen-bond donors (Lipinski definition) is 1. The minimum Gasteiger partial charge on any atom is -0.267 e. The first kappa shape index (κ1) is 13.6. The van der Waals surface area contributed by atoms with Crippen molar-refractivity contribution >= 4 is 35.3 Å². The van der Waals surface area contributed by atoms with E-state index in [0.717, 1.165) is 5.56 Å². The van der Waals surface area contributed by atoms with E-state index >= 15 is 0 Å². The third-order valence-corrected chi connectivity index (χ3v) is 2.98. The Morgan fingerprint density at radius 1 is 1.05 bits per heavy atom. The Morgan fingerprint density at radius 2 is 1.74 bits per heavy atom. The summed E-state index contributed by atoms with van der Waals surface area (Å²) in [4.78, 5) is 11.7. The number of carbonyl (C=O) groups is 1. The molecule has 0 atom stereocenters. The minimum atomic E-state index is -0.306. The smallest absolute Gasteiger partial charge is 0.267 e. The summed E-state index contributed by atoms with van der Waals surface area (Å²) in [6.45, 7) is 0. The Hall–Kier alpha value is -1.84. The lowest BCUT2D eigenvalue weighted by Gasteiger charge is -2.00. The van der Waals surface area contributed by atoms with E-state index in [1.807, 2.05) is 12.1 Å². The van der Waals surface area contributed by atoms with Crippen molar-refractivity contribution in [2.75, 3.05) is 0 Å². The van der Waals surface area contributed by atoms with Gasteiger partial charge in [-0.15, -0.1) is 0 Å². The second-order valence-electron chi connectivity index (χ2n) is 3.73. The van der Waals surface area contributed by atoms with Crippen molar-refractivity contribution in [2.45, 2.75) is 0 Å². The van der Waals surface area contributed by atoms with E-state index in [4.69, 9.17) is 23.2 Å². The first-order chi connectivity index (χ1) is 9.16. The molecule has 2 aromatic rings. The Balaban J connectivity index is 2.01. The molecule has 0 spiro atoms. The molecule has 2 rings (SSSR count). The van der Waals surface area contributed by atoms with Crippen LogP contribution in [0.2, 0.25) is 10.0 Å². The van der Waals surface area contributed by atoms with Crippen molar-refractivity contribution in [2.24, 2.45) is 5.10 Å². The second-order valence-corrected chi connectivity index (χ2v) is 4.57. The Labute approximate surface area is 120 Å². The predicted octanol–water partition coefficient (Wildman–Crippen LogP) is 3.76. The van der Waals surface area contributed by atoms with Crippen LogP contribution in [0.3, 0.4) is 0 Å². The molecule has 0 aliphatic carbocycles. The van der Waals surface area contributed by atoms with Gasteiger partial charge in [-0.05, 0) is 30.3 Å². The van der Waals surface area contributed by atoms with Gasteiger partial charge in [-0.1, -0.05) is 41.4 Å². The molecule has 19 heavy (non-hydrogen) atoms. The molecule has 2 aromatic carbocycles. The van der Waals surface area contributed by atoms with Crippen LogP contribution in [0.5, 0.6) is 0 Å². The molecule has 1 amide bonds. The summed E-state index contributed by atoms with van der Waals surface area (Å²) in [5, 5.41) is 5.01. The van der Waals surface area contributed by atoms with Crippen LogP contribution in [0.15, 0.2) is 53.6 Å². The van der Waals surface area contributed by atoms with Crippen LogP contribution in [0.25, 0.3) is 0 Å². The maximum atomic E-state index is 11.7. The Morgan fingerprint density at radius 3 is 2.42 bits per heavy atom. The summed E-state index contributed by atoms with van der Waals surface area (Å²) >= 11 is 11.7. The molecule has 96 valence electrons. The van der Waals surface area contributed by atoms with E-state index < -0.39 is 0 Å². The molecular formula is C14H10Cl2N2O. The number of hydrogen-bond acceptors (Lipinski definition) is 2. The molecule has 0 radical (unpaired) electrons. The average Bonchev–Trinajstić information content (AvgIpc) is 2.41.